The van der Waals surface area contributed by atoms with Crippen molar-refractivity contribution in [3.05, 3.63) is 34.3 Å². The molecular weight excluding hydrogens is 212 g/mol. The maximum atomic E-state index is 6.04. The molecule has 0 N–H and O–H groups in total. The van der Waals surface area contributed by atoms with E-state index >= 15 is 0 Å². The third-order valence-electron chi connectivity index (χ3n) is 2.56. The van der Waals surface area contributed by atoms with Crippen LogP contribution < -0.4 is 0 Å². The van der Waals surface area contributed by atoms with Crippen LogP contribution in [0.3, 0.4) is 0 Å². The van der Waals surface area contributed by atoms with E-state index in [4.69, 9.17) is 16.4 Å². The van der Waals surface area contributed by atoms with Crippen LogP contribution in [0.2, 0.25) is 5.02 Å². The summed E-state index contributed by atoms with van der Waals surface area (Å²) in [7, 11) is 1.86. The lowest BCUT2D eigenvalue weighted by atomic mass is 10.1. The molecule has 2 rings (SSSR count). The largest absolute Gasteiger partial charge is 0.383 e. The fourth-order valence-corrected chi connectivity index (χ4v) is 1.62. The van der Waals surface area contributed by atoms with Crippen molar-refractivity contribution in [2.45, 2.75) is 20.0 Å². The number of hydrogen-bond donors (Lipinski definition) is 0. The molecule has 80 valence electrons. The minimum Gasteiger partial charge on any atom is -0.383 e. The van der Waals surface area contributed by atoms with Gasteiger partial charge in [0.2, 0.25) is 5.90 Å². The Balaban J connectivity index is 2.39. The molecule has 0 aliphatic carbocycles. The summed E-state index contributed by atoms with van der Waals surface area (Å²) in [5, 5.41) is 2.45. The van der Waals surface area contributed by atoms with Crippen LogP contribution >= 0.6 is 11.6 Å². The highest BCUT2D eigenvalue weighted by Gasteiger charge is 2.23. The standard InChI is InChI=1S/C11H13ClN2O/c1-7-9(5-4-6-10(7)12)11-13-8(2)14(3)15-11/h4-6,8H,1-3H3/t8-/m0/s1. The van der Waals surface area contributed by atoms with Crippen LogP contribution in [0.15, 0.2) is 23.2 Å². The molecule has 3 nitrogen and oxygen atoms in total. The summed E-state index contributed by atoms with van der Waals surface area (Å²) >= 11 is 6.04. The van der Waals surface area contributed by atoms with E-state index < -0.39 is 0 Å². The molecule has 15 heavy (non-hydrogen) atoms. The molecule has 0 fully saturated rings. The molecule has 4 heteroatoms. The van der Waals surface area contributed by atoms with Crippen molar-refractivity contribution in [2.24, 2.45) is 4.99 Å². The van der Waals surface area contributed by atoms with Crippen LogP contribution in [0.1, 0.15) is 18.1 Å². The molecule has 0 unspecified atom stereocenters. The molecule has 1 atom stereocenters. The molecule has 0 saturated heterocycles. The first kappa shape index (κ1) is 10.5. The molecule has 1 aliphatic rings. The van der Waals surface area contributed by atoms with E-state index in [0.29, 0.717) is 5.90 Å². The third kappa shape index (κ3) is 1.85. The SMILES string of the molecule is Cc1c(Cl)cccc1C1=N[C@H](C)N(C)O1. The maximum absolute atomic E-state index is 6.04. The average molecular weight is 225 g/mol. The molecule has 1 aliphatic heterocycles. The van der Waals surface area contributed by atoms with Gasteiger partial charge in [-0.3, -0.25) is 0 Å². The predicted molar refractivity (Wildman–Crippen MR) is 61.0 cm³/mol. The second-order valence-corrected chi connectivity index (χ2v) is 4.02. The lowest BCUT2D eigenvalue weighted by Gasteiger charge is -2.12. The van der Waals surface area contributed by atoms with Crippen LogP contribution in [-0.4, -0.2) is 24.2 Å². The van der Waals surface area contributed by atoms with Crippen molar-refractivity contribution in [2.75, 3.05) is 7.05 Å². The molecule has 1 heterocycles. The zero-order chi connectivity index (χ0) is 11.0. The van der Waals surface area contributed by atoms with Crippen molar-refractivity contribution in [1.82, 2.24) is 5.06 Å². The summed E-state index contributed by atoms with van der Waals surface area (Å²) in [5.74, 6) is 0.644. The lowest BCUT2D eigenvalue weighted by Crippen LogP contribution is -2.22. The fourth-order valence-electron chi connectivity index (χ4n) is 1.45. The average Bonchev–Trinajstić information content (AvgIpc) is 2.51. The van der Waals surface area contributed by atoms with E-state index in [-0.39, 0.29) is 6.17 Å². The molecule has 0 aromatic heterocycles. The summed E-state index contributed by atoms with van der Waals surface area (Å²) in [4.78, 5) is 9.92. The number of aliphatic imine (C=N–C) groups is 1. The van der Waals surface area contributed by atoms with E-state index in [1.807, 2.05) is 39.1 Å². The van der Waals surface area contributed by atoms with Crippen LogP contribution in [0.4, 0.5) is 0 Å². The van der Waals surface area contributed by atoms with Gasteiger partial charge in [0.25, 0.3) is 0 Å². The number of rotatable bonds is 1. The fraction of sp³-hybridized carbons (Fsp3) is 0.364. The molecule has 1 aromatic carbocycles. The number of nitrogens with zero attached hydrogens (tertiary/aromatic N) is 2. The van der Waals surface area contributed by atoms with Crippen LogP contribution in [0.25, 0.3) is 0 Å². The van der Waals surface area contributed by atoms with E-state index in [1.54, 1.807) is 5.06 Å². The van der Waals surface area contributed by atoms with E-state index in [0.717, 1.165) is 16.1 Å². The van der Waals surface area contributed by atoms with Gasteiger partial charge in [-0.25, -0.2) is 4.99 Å². The van der Waals surface area contributed by atoms with Gasteiger partial charge < -0.3 is 4.84 Å². The van der Waals surface area contributed by atoms with Crippen molar-refractivity contribution in [3.8, 4) is 0 Å². The Hall–Kier alpha value is -1.06. The smallest absolute Gasteiger partial charge is 0.242 e. The first-order valence-corrected chi connectivity index (χ1v) is 5.21. The van der Waals surface area contributed by atoms with Crippen molar-refractivity contribution in [1.29, 1.82) is 0 Å². The van der Waals surface area contributed by atoms with Crippen LogP contribution in [0, 0.1) is 6.92 Å². The predicted octanol–water partition coefficient (Wildman–Crippen LogP) is 2.62. The molecule has 0 saturated carbocycles. The lowest BCUT2D eigenvalue weighted by molar-refractivity contribution is -0.0503. The zero-order valence-corrected chi connectivity index (χ0v) is 9.75. The Kier molecular flexibility index (Phi) is 2.67. The highest BCUT2D eigenvalue weighted by atomic mass is 35.5. The monoisotopic (exact) mass is 224 g/mol. The van der Waals surface area contributed by atoms with Gasteiger partial charge in [0, 0.05) is 17.6 Å². The Labute approximate surface area is 94.3 Å². The molecule has 1 aromatic rings. The Bertz CT molecular complexity index is 417. The minimum absolute atomic E-state index is 0.0541. The van der Waals surface area contributed by atoms with Crippen LogP contribution in [0.5, 0.6) is 0 Å². The molecular formula is C11H13ClN2O. The number of hydroxylamine groups is 2. The van der Waals surface area contributed by atoms with Gasteiger partial charge in [-0.2, -0.15) is 0 Å². The Morgan fingerprint density at radius 2 is 2.20 bits per heavy atom. The van der Waals surface area contributed by atoms with Crippen molar-refractivity contribution in [3.63, 3.8) is 0 Å². The Morgan fingerprint density at radius 3 is 2.80 bits per heavy atom. The first-order chi connectivity index (χ1) is 7.09. The molecule has 0 radical (unpaired) electrons. The highest BCUT2D eigenvalue weighted by molar-refractivity contribution is 6.31. The quantitative estimate of drug-likeness (QED) is 0.733. The normalized spacial score (nSPS) is 21.3. The third-order valence-corrected chi connectivity index (χ3v) is 2.97. The first-order valence-electron chi connectivity index (χ1n) is 4.83. The van der Waals surface area contributed by atoms with Crippen molar-refractivity contribution < 1.29 is 4.84 Å². The van der Waals surface area contributed by atoms with E-state index in [9.17, 15) is 0 Å². The number of halogens is 1. The summed E-state index contributed by atoms with van der Waals surface area (Å²) in [6.07, 6.45) is 0.0541. The number of benzene rings is 1. The second kappa shape index (κ2) is 3.83. The van der Waals surface area contributed by atoms with Crippen molar-refractivity contribution >= 4 is 17.5 Å². The van der Waals surface area contributed by atoms with Gasteiger partial charge in [0.15, 0.2) is 0 Å². The van der Waals surface area contributed by atoms with Gasteiger partial charge in [0.05, 0.1) is 0 Å². The summed E-state index contributed by atoms with van der Waals surface area (Å²) < 4.78 is 0. The summed E-state index contributed by atoms with van der Waals surface area (Å²) in [6.45, 7) is 3.94. The highest BCUT2D eigenvalue weighted by Crippen LogP contribution is 2.23. The minimum atomic E-state index is 0.0541. The molecule has 0 bridgehead atoms. The Morgan fingerprint density at radius 1 is 1.47 bits per heavy atom. The van der Waals surface area contributed by atoms with Gasteiger partial charge in [-0.1, -0.05) is 17.7 Å². The maximum Gasteiger partial charge on any atom is 0.242 e. The van der Waals surface area contributed by atoms with Gasteiger partial charge in [-0.15, -0.1) is 5.06 Å². The van der Waals surface area contributed by atoms with Gasteiger partial charge >= 0.3 is 0 Å². The van der Waals surface area contributed by atoms with E-state index in [2.05, 4.69) is 4.99 Å². The molecule has 0 amide bonds. The number of hydrogen-bond acceptors (Lipinski definition) is 3. The topological polar surface area (TPSA) is 24.8 Å². The van der Waals surface area contributed by atoms with Gasteiger partial charge in [-0.05, 0) is 31.5 Å². The molecule has 0 spiro atoms. The van der Waals surface area contributed by atoms with Crippen LogP contribution in [-0.2, 0) is 4.84 Å². The summed E-state index contributed by atoms with van der Waals surface area (Å²) in [5.41, 5.74) is 1.96. The van der Waals surface area contributed by atoms with Gasteiger partial charge in [0.1, 0.15) is 6.17 Å². The summed E-state index contributed by atoms with van der Waals surface area (Å²) in [6, 6.07) is 5.73. The van der Waals surface area contributed by atoms with E-state index in [1.165, 1.54) is 0 Å². The zero-order valence-electron chi connectivity index (χ0n) is 8.99. The second-order valence-electron chi connectivity index (χ2n) is 3.62.